The average molecular weight is 190 g/mol. The molecule has 0 aliphatic heterocycles. The molecule has 0 spiro atoms. The summed E-state index contributed by atoms with van der Waals surface area (Å²) in [5.74, 6) is 0. The Balaban J connectivity index is 2.82. The number of aliphatic hydroxyl groups excluding tert-OH is 1. The molecule has 0 radical (unpaired) electrons. The molecule has 1 rings (SSSR count). The number of aryl methyl sites for hydroxylation is 1. The van der Waals surface area contributed by atoms with Crippen LogP contribution in [0.3, 0.4) is 0 Å². The van der Waals surface area contributed by atoms with E-state index in [1.165, 1.54) is 0 Å². The van der Waals surface area contributed by atoms with Gasteiger partial charge in [0.05, 0.1) is 18.2 Å². The third kappa shape index (κ3) is 2.48. The lowest BCUT2D eigenvalue weighted by Crippen LogP contribution is -2.19. The van der Waals surface area contributed by atoms with Gasteiger partial charge in [0.1, 0.15) is 0 Å². The Bertz CT molecular complexity index is 355. The van der Waals surface area contributed by atoms with Crippen molar-refractivity contribution in [2.24, 2.45) is 0 Å². The quantitative estimate of drug-likeness (QED) is 0.762. The lowest BCUT2D eigenvalue weighted by atomic mass is 10.1. The summed E-state index contributed by atoms with van der Waals surface area (Å²) >= 11 is 0. The van der Waals surface area contributed by atoms with Crippen LogP contribution in [0.15, 0.2) is 18.2 Å². The molecular weight excluding hydrogens is 176 g/mol. The molecule has 0 bridgehead atoms. The van der Waals surface area contributed by atoms with E-state index in [1.54, 1.807) is 6.07 Å². The van der Waals surface area contributed by atoms with Crippen molar-refractivity contribution in [1.29, 1.82) is 5.26 Å². The Kier molecular flexibility index (Phi) is 3.49. The number of hydrogen-bond acceptors (Lipinski definition) is 3. The van der Waals surface area contributed by atoms with Crippen molar-refractivity contribution >= 4 is 5.69 Å². The fourth-order valence-electron chi connectivity index (χ4n) is 1.21. The minimum Gasteiger partial charge on any atom is -0.394 e. The zero-order valence-corrected chi connectivity index (χ0v) is 8.41. The van der Waals surface area contributed by atoms with Crippen LogP contribution in [0.5, 0.6) is 0 Å². The minimum absolute atomic E-state index is 0.0299. The van der Waals surface area contributed by atoms with Crippen LogP contribution in [-0.4, -0.2) is 17.8 Å². The molecule has 3 nitrogen and oxygen atoms in total. The maximum Gasteiger partial charge on any atom is 0.0994 e. The first-order chi connectivity index (χ1) is 6.67. The monoisotopic (exact) mass is 190 g/mol. The van der Waals surface area contributed by atoms with E-state index in [1.807, 2.05) is 26.0 Å². The summed E-state index contributed by atoms with van der Waals surface area (Å²) in [6, 6.07) is 7.67. The summed E-state index contributed by atoms with van der Waals surface area (Å²) in [6.07, 6.45) is 0. The molecule has 0 amide bonds. The standard InChI is InChI=1S/C11H14N2O/c1-8-5-11(13-9(2)7-14)4-3-10(8)6-12/h3-5,9,13-14H,7H2,1-2H3. The molecule has 3 heteroatoms. The van der Waals surface area contributed by atoms with Crippen LogP contribution < -0.4 is 5.32 Å². The van der Waals surface area contributed by atoms with Crippen molar-refractivity contribution < 1.29 is 5.11 Å². The topological polar surface area (TPSA) is 56.0 Å². The van der Waals surface area contributed by atoms with Crippen LogP contribution in [-0.2, 0) is 0 Å². The van der Waals surface area contributed by atoms with Crippen molar-refractivity contribution in [3.8, 4) is 6.07 Å². The smallest absolute Gasteiger partial charge is 0.0994 e. The first kappa shape index (κ1) is 10.6. The first-order valence-electron chi connectivity index (χ1n) is 4.55. The van der Waals surface area contributed by atoms with Gasteiger partial charge in [-0.2, -0.15) is 5.26 Å². The molecule has 1 atom stereocenters. The minimum atomic E-state index is 0.0299. The normalized spacial score (nSPS) is 11.9. The van der Waals surface area contributed by atoms with Crippen LogP contribution in [0, 0.1) is 18.3 Å². The van der Waals surface area contributed by atoms with E-state index in [9.17, 15) is 0 Å². The van der Waals surface area contributed by atoms with Gasteiger partial charge in [-0.25, -0.2) is 0 Å². The summed E-state index contributed by atoms with van der Waals surface area (Å²) in [7, 11) is 0. The van der Waals surface area contributed by atoms with Gasteiger partial charge in [-0.1, -0.05) is 0 Å². The van der Waals surface area contributed by atoms with Gasteiger partial charge in [-0.15, -0.1) is 0 Å². The van der Waals surface area contributed by atoms with E-state index in [4.69, 9.17) is 10.4 Å². The summed E-state index contributed by atoms with van der Waals surface area (Å²) < 4.78 is 0. The van der Waals surface area contributed by atoms with Crippen LogP contribution >= 0.6 is 0 Å². The van der Waals surface area contributed by atoms with E-state index < -0.39 is 0 Å². The largest absolute Gasteiger partial charge is 0.394 e. The SMILES string of the molecule is Cc1cc(NC(C)CO)ccc1C#N. The maximum atomic E-state index is 8.85. The molecule has 1 unspecified atom stereocenters. The van der Waals surface area contributed by atoms with Gasteiger partial charge >= 0.3 is 0 Å². The molecule has 0 aliphatic carbocycles. The number of hydrogen-bond donors (Lipinski definition) is 2. The van der Waals surface area contributed by atoms with E-state index in [0.717, 1.165) is 11.3 Å². The van der Waals surface area contributed by atoms with Crippen molar-refractivity contribution in [3.05, 3.63) is 29.3 Å². The lowest BCUT2D eigenvalue weighted by molar-refractivity contribution is 0.281. The fraction of sp³-hybridized carbons (Fsp3) is 0.364. The Morgan fingerprint density at radius 1 is 1.57 bits per heavy atom. The lowest BCUT2D eigenvalue weighted by Gasteiger charge is -2.12. The summed E-state index contributed by atoms with van der Waals surface area (Å²) in [4.78, 5) is 0. The van der Waals surface area contributed by atoms with Gasteiger partial charge in [0.15, 0.2) is 0 Å². The van der Waals surface area contributed by atoms with Gasteiger partial charge < -0.3 is 10.4 Å². The zero-order valence-electron chi connectivity index (χ0n) is 8.41. The van der Waals surface area contributed by atoms with Gasteiger partial charge in [0.25, 0.3) is 0 Å². The highest BCUT2D eigenvalue weighted by molar-refractivity contribution is 5.51. The first-order valence-corrected chi connectivity index (χ1v) is 4.55. The highest BCUT2D eigenvalue weighted by Crippen LogP contribution is 2.14. The van der Waals surface area contributed by atoms with Crippen LogP contribution in [0.2, 0.25) is 0 Å². The molecule has 2 N–H and O–H groups in total. The Morgan fingerprint density at radius 2 is 2.29 bits per heavy atom. The second-order valence-corrected chi connectivity index (χ2v) is 3.37. The second kappa shape index (κ2) is 4.64. The number of nitrogens with one attached hydrogen (secondary N) is 1. The average Bonchev–Trinajstić information content (AvgIpc) is 2.18. The van der Waals surface area contributed by atoms with Crippen molar-refractivity contribution in [3.63, 3.8) is 0 Å². The molecule has 74 valence electrons. The van der Waals surface area contributed by atoms with Gasteiger partial charge in [0, 0.05) is 11.7 Å². The summed E-state index contributed by atoms with van der Waals surface area (Å²) in [5.41, 5.74) is 2.57. The number of nitriles is 1. The number of aliphatic hydroxyl groups is 1. The molecule has 0 fully saturated rings. The van der Waals surface area contributed by atoms with E-state index in [0.29, 0.717) is 5.56 Å². The summed E-state index contributed by atoms with van der Waals surface area (Å²) in [5, 5.41) is 20.7. The number of nitrogens with zero attached hydrogens (tertiary/aromatic N) is 1. The van der Waals surface area contributed by atoms with Crippen molar-refractivity contribution in [2.45, 2.75) is 19.9 Å². The highest BCUT2D eigenvalue weighted by atomic mass is 16.3. The molecule has 0 saturated carbocycles. The molecule has 0 aromatic heterocycles. The molecule has 0 heterocycles. The third-order valence-electron chi connectivity index (χ3n) is 2.03. The number of benzene rings is 1. The van der Waals surface area contributed by atoms with E-state index in [2.05, 4.69) is 11.4 Å². The van der Waals surface area contributed by atoms with Crippen molar-refractivity contribution in [2.75, 3.05) is 11.9 Å². The summed E-state index contributed by atoms with van der Waals surface area (Å²) in [6.45, 7) is 3.89. The number of rotatable bonds is 3. The Hall–Kier alpha value is -1.53. The van der Waals surface area contributed by atoms with Gasteiger partial charge in [-0.3, -0.25) is 0 Å². The molecule has 1 aromatic carbocycles. The maximum absolute atomic E-state index is 8.85. The second-order valence-electron chi connectivity index (χ2n) is 3.37. The molecule has 0 saturated heterocycles. The Labute approximate surface area is 84.0 Å². The molecule has 14 heavy (non-hydrogen) atoms. The molecular formula is C11H14N2O. The zero-order chi connectivity index (χ0) is 10.6. The predicted octanol–water partition coefficient (Wildman–Crippen LogP) is 1.66. The third-order valence-corrected chi connectivity index (χ3v) is 2.03. The molecule has 1 aromatic rings. The Morgan fingerprint density at radius 3 is 2.79 bits per heavy atom. The van der Waals surface area contributed by atoms with Crippen LogP contribution in [0.4, 0.5) is 5.69 Å². The predicted molar refractivity (Wildman–Crippen MR) is 56.1 cm³/mol. The highest BCUT2D eigenvalue weighted by Gasteiger charge is 2.02. The number of anilines is 1. The van der Waals surface area contributed by atoms with Crippen LogP contribution in [0.1, 0.15) is 18.1 Å². The molecule has 0 aliphatic rings. The van der Waals surface area contributed by atoms with Crippen molar-refractivity contribution in [1.82, 2.24) is 0 Å². The van der Waals surface area contributed by atoms with Gasteiger partial charge in [0.2, 0.25) is 0 Å². The van der Waals surface area contributed by atoms with Gasteiger partial charge in [-0.05, 0) is 37.6 Å². The van der Waals surface area contributed by atoms with Crippen LogP contribution in [0.25, 0.3) is 0 Å². The fourth-order valence-corrected chi connectivity index (χ4v) is 1.21. The van der Waals surface area contributed by atoms with E-state index in [-0.39, 0.29) is 12.6 Å². The van der Waals surface area contributed by atoms with E-state index >= 15 is 0 Å².